The van der Waals surface area contributed by atoms with E-state index in [1.807, 2.05) is 6.92 Å². The van der Waals surface area contributed by atoms with Crippen molar-refractivity contribution in [2.75, 3.05) is 13.1 Å². The van der Waals surface area contributed by atoms with Crippen molar-refractivity contribution in [3.05, 3.63) is 41.5 Å². The van der Waals surface area contributed by atoms with Crippen molar-refractivity contribution in [2.24, 2.45) is 0 Å². The topological polar surface area (TPSA) is 86.0 Å². The van der Waals surface area contributed by atoms with Gasteiger partial charge in [-0.15, -0.1) is 0 Å². The van der Waals surface area contributed by atoms with E-state index in [0.717, 1.165) is 12.0 Å². The van der Waals surface area contributed by atoms with Gasteiger partial charge in [-0.1, -0.05) is 6.92 Å². The van der Waals surface area contributed by atoms with Crippen LogP contribution in [0.15, 0.2) is 24.4 Å². The van der Waals surface area contributed by atoms with Gasteiger partial charge in [0.2, 0.25) is 0 Å². The highest BCUT2D eigenvalue weighted by molar-refractivity contribution is 6.07. The molecular weight excluding hydrogens is 311 g/mol. The van der Waals surface area contributed by atoms with Crippen LogP contribution in [0.5, 0.6) is 0 Å². The maximum absolute atomic E-state index is 13.6. The van der Waals surface area contributed by atoms with Crippen LogP contribution in [0.3, 0.4) is 0 Å². The van der Waals surface area contributed by atoms with Crippen LogP contribution in [0.4, 0.5) is 9.18 Å². The zero-order valence-electron chi connectivity index (χ0n) is 13.3. The summed E-state index contributed by atoms with van der Waals surface area (Å²) in [6.45, 7) is 2.99. The first-order chi connectivity index (χ1) is 11.6. The summed E-state index contributed by atoms with van der Waals surface area (Å²) < 4.78 is 13.6. The maximum atomic E-state index is 13.6. The molecule has 2 aromatic rings. The first-order valence-electron chi connectivity index (χ1n) is 7.93. The number of halogens is 1. The largest absolute Gasteiger partial charge is 0.350 e. The molecule has 0 fully saturated rings. The summed E-state index contributed by atoms with van der Waals surface area (Å²) in [4.78, 5) is 27.0. The Morgan fingerprint density at radius 3 is 3.04 bits per heavy atom. The van der Waals surface area contributed by atoms with Gasteiger partial charge in [0.25, 0.3) is 5.91 Å². The third-order valence-corrected chi connectivity index (χ3v) is 3.90. The van der Waals surface area contributed by atoms with Crippen LogP contribution in [-0.4, -0.2) is 30.0 Å². The van der Waals surface area contributed by atoms with Crippen molar-refractivity contribution in [2.45, 2.75) is 19.8 Å². The van der Waals surface area contributed by atoms with E-state index in [1.54, 1.807) is 12.3 Å². The van der Waals surface area contributed by atoms with Crippen LogP contribution >= 0.6 is 0 Å². The number of aromatic amines is 1. The van der Waals surface area contributed by atoms with Gasteiger partial charge < -0.3 is 20.9 Å². The molecule has 1 aliphatic heterocycles. The molecule has 2 heterocycles. The van der Waals surface area contributed by atoms with Crippen molar-refractivity contribution >= 4 is 28.4 Å². The molecule has 126 valence electrons. The zero-order chi connectivity index (χ0) is 17.1. The summed E-state index contributed by atoms with van der Waals surface area (Å²) >= 11 is 0. The summed E-state index contributed by atoms with van der Waals surface area (Å²) in [5.74, 6) is -0.609. The molecule has 3 amide bonds. The molecule has 1 aromatic heterocycles. The fourth-order valence-electron chi connectivity index (χ4n) is 2.78. The molecule has 24 heavy (non-hydrogen) atoms. The summed E-state index contributed by atoms with van der Waals surface area (Å²) in [5, 5.41) is 8.82. The van der Waals surface area contributed by atoms with Crippen LogP contribution in [0.1, 0.15) is 35.8 Å². The SMILES string of the molecule is CCCNC(=O)N/C=C1\CCNC(=O)c2[nH]c3ccc(F)cc3c21. The number of hydrogen-bond acceptors (Lipinski definition) is 2. The first-order valence-corrected chi connectivity index (χ1v) is 7.93. The predicted octanol–water partition coefficient (Wildman–Crippen LogP) is 2.49. The standard InChI is InChI=1S/C17H19FN4O2/c1-2-6-20-17(24)21-9-10-5-7-19-16(23)15-14(10)12-8-11(18)3-4-13(12)22-15/h3-4,8-9,22H,2,5-7H2,1H3,(H,19,23)(H2,20,21,24)/b10-9+. The lowest BCUT2D eigenvalue weighted by Gasteiger charge is -2.07. The average molecular weight is 330 g/mol. The Morgan fingerprint density at radius 2 is 2.25 bits per heavy atom. The fraction of sp³-hybridized carbons (Fsp3) is 0.294. The van der Waals surface area contributed by atoms with E-state index in [9.17, 15) is 14.0 Å². The number of urea groups is 1. The van der Waals surface area contributed by atoms with Gasteiger partial charge in [0.1, 0.15) is 11.5 Å². The van der Waals surface area contributed by atoms with Crippen LogP contribution in [0.25, 0.3) is 16.5 Å². The predicted molar refractivity (Wildman–Crippen MR) is 90.0 cm³/mol. The highest BCUT2D eigenvalue weighted by Gasteiger charge is 2.24. The van der Waals surface area contributed by atoms with E-state index < -0.39 is 0 Å². The summed E-state index contributed by atoms with van der Waals surface area (Å²) in [7, 11) is 0. The van der Waals surface area contributed by atoms with Crippen molar-refractivity contribution < 1.29 is 14.0 Å². The second-order valence-corrected chi connectivity index (χ2v) is 5.64. The summed E-state index contributed by atoms with van der Waals surface area (Å²) in [6, 6.07) is 4.04. The number of amides is 3. The van der Waals surface area contributed by atoms with Gasteiger partial charge in [-0.05, 0) is 36.6 Å². The van der Waals surface area contributed by atoms with Crippen molar-refractivity contribution in [1.29, 1.82) is 0 Å². The quantitative estimate of drug-likeness (QED) is 0.697. The molecule has 3 rings (SSSR count). The zero-order valence-corrected chi connectivity index (χ0v) is 13.3. The number of fused-ring (bicyclic) bond motifs is 3. The van der Waals surface area contributed by atoms with Crippen LogP contribution < -0.4 is 16.0 Å². The number of nitrogens with one attached hydrogen (secondary N) is 4. The van der Waals surface area contributed by atoms with Gasteiger partial charge in [0.15, 0.2) is 0 Å². The molecule has 4 N–H and O–H groups in total. The molecule has 1 aliphatic rings. The van der Waals surface area contributed by atoms with Crippen LogP contribution in [0.2, 0.25) is 0 Å². The molecule has 7 heteroatoms. The Bertz CT molecular complexity index is 825. The Morgan fingerprint density at radius 1 is 1.42 bits per heavy atom. The number of carbonyl (C=O) groups excluding carboxylic acids is 2. The van der Waals surface area contributed by atoms with Crippen LogP contribution in [0, 0.1) is 5.82 Å². The highest BCUT2D eigenvalue weighted by atomic mass is 19.1. The number of benzene rings is 1. The number of rotatable bonds is 3. The maximum Gasteiger partial charge on any atom is 0.318 e. The smallest absolute Gasteiger partial charge is 0.318 e. The van der Waals surface area contributed by atoms with E-state index in [4.69, 9.17) is 0 Å². The Balaban J connectivity index is 2.01. The minimum Gasteiger partial charge on any atom is -0.350 e. The van der Waals surface area contributed by atoms with Gasteiger partial charge in [0, 0.05) is 35.8 Å². The Hall–Kier alpha value is -2.83. The lowest BCUT2D eigenvalue weighted by atomic mass is 10.0. The lowest BCUT2D eigenvalue weighted by Crippen LogP contribution is -2.32. The van der Waals surface area contributed by atoms with Gasteiger partial charge in [-0.3, -0.25) is 4.79 Å². The molecule has 0 saturated heterocycles. The van der Waals surface area contributed by atoms with E-state index in [1.165, 1.54) is 12.1 Å². The van der Waals surface area contributed by atoms with Gasteiger partial charge >= 0.3 is 6.03 Å². The van der Waals surface area contributed by atoms with Gasteiger partial charge in [-0.2, -0.15) is 0 Å². The number of hydrogen-bond donors (Lipinski definition) is 4. The fourth-order valence-corrected chi connectivity index (χ4v) is 2.78. The lowest BCUT2D eigenvalue weighted by molar-refractivity contribution is 0.0952. The number of H-pyrrole nitrogens is 1. The van der Waals surface area contributed by atoms with Crippen molar-refractivity contribution in [1.82, 2.24) is 20.9 Å². The Kier molecular flexibility index (Phi) is 4.50. The molecule has 1 aromatic carbocycles. The van der Waals surface area contributed by atoms with Gasteiger partial charge in [-0.25, -0.2) is 9.18 Å². The molecule has 0 unspecified atom stereocenters. The third-order valence-electron chi connectivity index (χ3n) is 3.90. The van der Waals surface area contributed by atoms with E-state index in [0.29, 0.717) is 41.7 Å². The van der Waals surface area contributed by atoms with Crippen molar-refractivity contribution in [3.63, 3.8) is 0 Å². The molecule has 0 radical (unpaired) electrons. The monoisotopic (exact) mass is 330 g/mol. The van der Waals surface area contributed by atoms with E-state index in [-0.39, 0.29) is 17.8 Å². The van der Waals surface area contributed by atoms with Crippen LogP contribution in [-0.2, 0) is 0 Å². The first kappa shape index (κ1) is 16.0. The van der Waals surface area contributed by atoms with Crippen molar-refractivity contribution in [3.8, 4) is 0 Å². The molecule has 0 spiro atoms. The highest BCUT2D eigenvalue weighted by Crippen LogP contribution is 2.32. The normalized spacial score (nSPS) is 15.8. The average Bonchev–Trinajstić information content (AvgIpc) is 2.86. The molecule has 0 bridgehead atoms. The Labute approximate surface area is 138 Å². The third kappa shape index (κ3) is 3.10. The second-order valence-electron chi connectivity index (χ2n) is 5.64. The molecular formula is C17H19FN4O2. The molecule has 0 saturated carbocycles. The second kappa shape index (κ2) is 6.74. The summed E-state index contributed by atoms with van der Waals surface area (Å²) in [6.07, 6.45) is 2.97. The van der Waals surface area contributed by atoms with E-state index >= 15 is 0 Å². The van der Waals surface area contributed by atoms with Gasteiger partial charge in [0.05, 0.1) is 0 Å². The molecule has 6 nitrogen and oxygen atoms in total. The molecule has 0 aliphatic carbocycles. The minimum atomic E-state index is -0.373. The number of aromatic nitrogens is 1. The molecule has 0 atom stereocenters. The number of carbonyl (C=O) groups is 2. The minimum absolute atomic E-state index is 0.236. The van der Waals surface area contributed by atoms with E-state index in [2.05, 4.69) is 20.9 Å². The summed E-state index contributed by atoms with van der Waals surface area (Å²) in [5.41, 5.74) is 2.47.